The van der Waals surface area contributed by atoms with Gasteiger partial charge in [-0.2, -0.15) is 0 Å². The molecule has 7 unspecified atom stereocenters. The highest BCUT2D eigenvalue weighted by Gasteiger charge is 2.58. The highest BCUT2D eigenvalue weighted by Crippen LogP contribution is 2.48. The van der Waals surface area contributed by atoms with E-state index in [0.29, 0.717) is 19.4 Å². The summed E-state index contributed by atoms with van der Waals surface area (Å²) in [5.41, 5.74) is -2.69. The molecule has 4 N–H and O–H groups in total. The van der Waals surface area contributed by atoms with Crippen molar-refractivity contribution in [3.05, 3.63) is 29.8 Å². The van der Waals surface area contributed by atoms with E-state index in [1.165, 1.54) is 14.0 Å². The summed E-state index contributed by atoms with van der Waals surface area (Å²) in [5.74, 6) is -1.96. The minimum Gasteiger partial charge on any atom is -0.497 e. The van der Waals surface area contributed by atoms with E-state index in [0.717, 1.165) is 11.3 Å². The first kappa shape index (κ1) is 48.7. The van der Waals surface area contributed by atoms with Crippen LogP contribution >= 0.6 is 0 Å². The number of hydrogen-bond acceptors (Lipinski definition) is 14. The summed E-state index contributed by atoms with van der Waals surface area (Å²) in [5, 5.41) is 44.8. The van der Waals surface area contributed by atoms with Gasteiger partial charge in [0.1, 0.15) is 29.7 Å². The fourth-order valence-electron chi connectivity index (χ4n) is 9.74. The largest absolute Gasteiger partial charge is 0.497 e. The average Bonchev–Trinajstić information content (AvgIpc) is 3.49. The van der Waals surface area contributed by atoms with Crippen LogP contribution < -0.4 is 4.74 Å². The van der Waals surface area contributed by atoms with Crippen LogP contribution in [0.25, 0.3) is 0 Å². The van der Waals surface area contributed by atoms with Crippen LogP contribution in [0.4, 0.5) is 0 Å². The molecule has 334 valence electrons. The molecule has 0 aliphatic carbocycles. The van der Waals surface area contributed by atoms with E-state index < -0.39 is 102 Å². The second-order valence-corrected chi connectivity index (χ2v) is 18.4. The Morgan fingerprint density at radius 3 is 2.22 bits per heavy atom. The number of carbonyl (C=O) groups is 1. The summed E-state index contributed by atoms with van der Waals surface area (Å²) in [7, 11) is 5.13. The molecule has 0 radical (unpaired) electrons. The Bertz CT molecular complexity index is 1450. The maximum Gasteiger partial charge on any atom is 0.311 e. The Labute approximate surface area is 346 Å². The normalized spacial score (nSPS) is 39.2. The van der Waals surface area contributed by atoms with Crippen molar-refractivity contribution in [3.63, 3.8) is 0 Å². The number of benzene rings is 1. The first-order valence-corrected chi connectivity index (χ1v) is 21.2. The third kappa shape index (κ3) is 10.7. The fourth-order valence-corrected chi connectivity index (χ4v) is 9.74. The molecule has 0 amide bonds. The zero-order valence-electron chi connectivity index (χ0n) is 37.4. The van der Waals surface area contributed by atoms with E-state index in [9.17, 15) is 25.2 Å². The molecule has 58 heavy (non-hydrogen) atoms. The Kier molecular flexibility index (Phi) is 16.7. The van der Waals surface area contributed by atoms with Crippen LogP contribution in [-0.2, 0) is 44.8 Å². The molecule has 0 spiro atoms. The van der Waals surface area contributed by atoms with Crippen LogP contribution in [-0.4, -0.2) is 137 Å². The van der Waals surface area contributed by atoms with E-state index in [4.69, 9.17) is 38.2 Å². The third-order valence-electron chi connectivity index (χ3n) is 13.4. The van der Waals surface area contributed by atoms with Crippen molar-refractivity contribution in [2.45, 2.75) is 192 Å². The van der Waals surface area contributed by atoms with Gasteiger partial charge in [0, 0.05) is 38.0 Å². The van der Waals surface area contributed by atoms with Crippen molar-refractivity contribution >= 4 is 5.97 Å². The van der Waals surface area contributed by atoms with Crippen molar-refractivity contribution in [1.82, 2.24) is 4.90 Å². The van der Waals surface area contributed by atoms with E-state index in [2.05, 4.69) is 11.8 Å². The van der Waals surface area contributed by atoms with Gasteiger partial charge in [0.2, 0.25) is 0 Å². The Morgan fingerprint density at radius 2 is 1.66 bits per heavy atom. The van der Waals surface area contributed by atoms with Crippen LogP contribution in [0.5, 0.6) is 5.75 Å². The molecule has 0 saturated carbocycles. The van der Waals surface area contributed by atoms with E-state index >= 15 is 0 Å². The van der Waals surface area contributed by atoms with Gasteiger partial charge in [0.15, 0.2) is 6.29 Å². The lowest BCUT2D eigenvalue weighted by atomic mass is 9.76. The van der Waals surface area contributed by atoms with Gasteiger partial charge in [-0.05, 0) is 98.4 Å². The summed E-state index contributed by atoms with van der Waals surface area (Å²) >= 11 is 0. The lowest BCUT2D eigenvalue weighted by Gasteiger charge is -2.47. The molecule has 3 fully saturated rings. The lowest BCUT2D eigenvalue weighted by Crippen LogP contribution is -2.58. The number of nitrogens with zero attached hydrogens (tertiary/aromatic N) is 1. The molecule has 14 nitrogen and oxygen atoms in total. The van der Waals surface area contributed by atoms with Gasteiger partial charge in [-0.15, -0.1) is 0 Å². The highest BCUT2D eigenvalue weighted by atomic mass is 17.2. The van der Waals surface area contributed by atoms with Gasteiger partial charge in [0.25, 0.3) is 0 Å². The van der Waals surface area contributed by atoms with Crippen molar-refractivity contribution in [2.75, 3.05) is 21.3 Å². The van der Waals surface area contributed by atoms with E-state index in [1.807, 2.05) is 59.0 Å². The van der Waals surface area contributed by atoms with Gasteiger partial charge in [-0.1, -0.05) is 39.8 Å². The number of hydrogen-bond donors (Lipinski definition) is 4. The maximum atomic E-state index is 14.4. The smallest absolute Gasteiger partial charge is 0.311 e. The molecule has 3 heterocycles. The van der Waals surface area contributed by atoms with Gasteiger partial charge < -0.3 is 48.8 Å². The molecule has 3 aliphatic rings. The molecule has 0 aromatic heterocycles. The molecule has 1 aromatic rings. The number of esters is 1. The predicted molar refractivity (Wildman–Crippen MR) is 217 cm³/mol. The molecular formula is C44H75NO13. The topological polar surface area (TPSA) is 175 Å². The fraction of sp³-hybridized carbons (Fsp3) is 0.841. The quantitative estimate of drug-likeness (QED) is 0.102. The summed E-state index contributed by atoms with van der Waals surface area (Å²) in [6.45, 7) is 20.6. The number of rotatable bonds is 16. The Morgan fingerprint density at radius 1 is 1.02 bits per heavy atom. The molecule has 14 heteroatoms. The van der Waals surface area contributed by atoms with Crippen molar-refractivity contribution in [1.29, 1.82) is 0 Å². The number of methoxy groups -OCH3 is 2. The molecule has 3 aliphatic heterocycles. The number of cyclic esters (lactones) is 1. The number of carbonyl (C=O) groups excluding carboxylic acids is 1. The van der Waals surface area contributed by atoms with Crippen LogP contribution in [0.1, 0.15) is 107 Å². The Balaban J connectivity index is 1.69. The molecule has 2 bridgehead atoms. The van der Waals surface area contributed by atoms with Crippen LogP contribution in [0, 0.1) is 23.7 Å². The summed E-state index contributed by atoms with van der Waals surface area (Å²) in [6.07, 6.45) is -6.70. The third-order valence-corrected chi connectivity index (χ3v) is 13.4. The summed E-state index contributed by atoms with van der Waals surface area (Å²) in [4.78, 5) is 29.3. The molecule has 3 saturated heterocycles. The second-order valence-electron chi connectivity index (χ2n) is 18.4. The number of aliphatic hydroxyl groups excluding tert-OH is 3. The van der Waals surface area contributed by atoms with Crippen LogP contribution in [0.2, 0.25) is 0 Å². The zero-order valence-corrected chi connectivity index (χ0v) is 37.4. The van der Waals surface area contributed by atoms with Gasteiger partial charge in [-0.25, -0.2) is 9.78 Å². The second kappa shape index (κ2) is 19.8. The first-order chi connectivity index (χ1) is 27.0. The van der Waals surface area contributed by atoms with E-state index in [-0.39, 0.29) is 24.8 Å². The summed E-state index contributed by atoms with van der Waals surface area (Å²) in [6, 6.07) is 7.54. The van der Waals surface area contributed by atoms with Crippen molar-refractivity contribution in [3.8, 4) is 5.75 Å². The van der Waals surface area contributed by atoms with E-state index in [1.54, 1.807) is 41.7 Å². The first-order valence-electron chi connectivity index (χ1n) is 21.2. The van der Waals surface area contributed by atoms with Gasteiger partial charge >= 0.3 is 5.97 Å². The van der Waals surface area contributed by atoms with Crippen LogP contribution in [0.15, 0.2) is 24.3 Å². The zero-order chi connectivity index (χ0) is 43.5. The minimum atomic E-state index is -1.80. The standard InChI is InChI=1S/C44H75NO13/c1-15-34(47)44(11,50)40-26(4)36-24(2)21-43(10,56-36)39(58-57-25(3)20-33(29(7)46)45(12)23-31-16-18-32(51-13)19-17-31)27(5)37(28(6)41(49)55-40)54-35-22-42(9,52-14)38(48)30(8)53-35/h16-19,24-30,33-40,46-48,50H,15,20-23H2,1-14H3/t24?,25?,26-,27-,28+,29?,30?,33?,34+,35-,36?,37-,38-,39+,40+,42?,43+,44+/m0/s1. The van der Waals surface area contributed by atoms with Crippen molar-refractivity contribution < 1.29 is 63.4 Å². The number of fused-ring (bicyclic) bond motifs is 2. The highest BCUT2D eigenvalue weighted by molar-refractivity contribution is 5.73. The number of likely N-dealkylation sites (N-methyl/N-ethyl adjacent to an activating group) is 1. The van der Waals surface area contributed by atoms with Gasteiger partial charge in [-0.3, -0.25) is 9.69 Å². The molecular weight excluding hydrogens is 750 g/mol. The van der Waals surface area contributed by atoms with Crippen LogP contribution in [0.3, 0.4) is 0 Å². The van der Waals surface area contributed by atoms with Gasteiger partial charge in [0.05, 0.1) is 60.9 Å². The maximum absolute atomic E-state index is 14.4. The molecule has 1 aromatic carbocycles. The average molecular weight is 826 g/mol. The SMILES string of the molecule is CC[C@@H](O)[C@@](C)(O)[C@@H]1OC(=O)[C@H](C)[C@@H](O[C@H]2CC(C)(OC)[C@@H](O)C(C)O2)[C@H](C)[C@@H](OOC(C)CC(C(C)O)N(C)Cc2ccc(OC)cc2)[C@@]2(C)CC(C)C(O2)[C@@H]1C. The minimum absolute atomic E-state index is 0.0691. The summed E-state index contributed by atoms with van der Waals surface area (Å²) < 4.78 is 37.3. The molecule has 4 rings (SSSR count). The number of aliphatic hydroxyl groups is 4. The van der Waals surface area contributed by atoms with Crippen molar-refractivity contribution in [2.24, 2.45) is 23.7 Å². The predicted octanol–water partition coefficient (Wildman–Crippen LogP) is 4.80. The Hall–Kier alpha value is -1.95. The lowest BCUT2D eigenvalue weighted by molar-refractivity contribution is -0.390. The monoisotopic (exact) mass is 826 g/mol. The number of ether oxygens (including phenoxy) is 6. The molecule has 18 atom stereocenters.